The Hall–Kier alpha value is -3.40. The molecule has 0 fully saturated rings. The van der Waals surface area contributed by atoms with Crippen LogP contribution in [0.4, 0.5) is 0 Å². The Bertz CT molecular complexity index is 1000. The maximum atomic E-state index is 12.8. The van der Waals surface area contributed by atoms with Gasteiger partial charge in [-0.1, -0.05) is 36.4 Å². The predicted octanol–water partition coefficient (Wildman–Crippen LogP) is 4.18. The summed E-state index contributed by atoms with van der Waals surface area (Å²) in [4.78, 5) is 25.5. The van der Waals surface area contributed by atoms with E-state index in [1.165, 1.54) is 18.2 Å². The van der Waals surface area contributed by atoms with E-state index >= 15 is 0 Å². The van der Waals surface area contributed by atoms with Gasteiger partial charge in [-0.3, -0.25) is 9.59 Å². The molecule has 3 rings (SSSR count). The van der Waals surface area contributed by atoms with Gasteiger partial charge in [0.2, 0.25) is 0 Å². The summed E-state index contributed by atoms with van der Waals surface area (Å²) >= 11 is 0. The molecule has 2 N–H and O–H groups in total. The van der Waals surface area contributed by atoms with Crippen LogP contribution in [0.1, 0.15) is 43.0 Å². The lowest BCUT2D eigenvalue weighted by Crippen LogP contribution is -2.07. The molecule has 0 aliphatic carbocycles. The number of benzene rings is 3. The van der Waals surface area contributed by atoms with Gasteiger partial charge in [0, 0.05) is 11.1 Å². The summed E-state index contributed by atoms with van der Waals surface area (Å²) in [6.07, 6.45) is 0. The maximum absolute atomic E-state index is 12.8. The Morgan fingerprint density at radius 1 is 0.731 bits per heavy atom. The second-order valence-electron chi connectivity index (χ2n) is 6.23. The Kier molecular flexibility index (Phi) is 4.59. The molecular weight excluding hydrogens is 328 g/mol. The van der Waals surface area contributed by atoms with Crippen molar-refractivity contribution in [1.82, 2.24) is 0 Å². The number of aryl methyl sites for hydroxylation is 2. The van der Waals surface area contributed by atoms with Crippen molar-refractivity contribution in [2.75, 3.05) is 0 Å². The van der Waals surface area contributed by atoms with Crippen LogP contribution in [0.25, 0.3) is 0 Å². The van der Waals surface area contributed by atoms with Crippen LogP contribution < -0.4 is 0 Å². The lowest BCUT2D eigenvalue weighted by molar-refractivity contribution is 0.103. The number of hydrogen-bond donors (Lipinski definition) is 2. The molecule has 0 radical (unpaired) electrons. The number of ketones is 2. The van der Waals surface area contributed by atoms with E-state index in [1.807, 2.05) is 6.92 Å². The van der Waals surface area contributed by atoms with Crippen molar-refractivity contribution in [3.63, 3.8) is 0 Å². The minimum Gasteiger partial charge on any atom is -0.507 e. The molecule has 0 aromatic heterocycles. The molecular formula is C22H18O4. The van der Waals surface area contributed by atoms with Crippen molar-refractivity contribution in [3.05, 3.63) is 94.0 Å². The smallest absolute Gasteiger partial charge is 0.196 e. The molecule has 0 saturated carbocycles. The first-order valence-electron chi connectivity index (χ1n) is 8.16. The Morgan fingerprint density at radius 2 is 1.38 bits per heavy atom. The predicted molar refractivity (Wildman–Crippen MR) is 99.0 cm³/mol. The van der Waals surface area contributed by atoms with Gasteiger partial charge in [0.05, 0.1) is 11.1 Å². The summed E-state index contributed by atoms with van der Waals surface area (Å²) in [5.74, 6) is -1.05. The molecule has 0 amide bonds. The highest BCUT2D eigenvalue weighted by Crippen LogP contribution is 2.28. The molecule has 3 aromatic carbocycles. The van der Waals surface area contributed by atoms with E-state index in [0.717, 1.165) is 5.56 Å². The SMILES string of the molecule is Cc1cc(C)c(O)c(C(=O)c2ccc(O)c(C(=O)c3ccccc3)c2)c1. The van der Waals surface area contributed by atoms with E-state index in [0.29, 0.717) is 11.1 Å². The van der Waals surface area contributed by atoms with Crippen LogP contribution in [0.15, 0.2) is 60.7 Å². The zero-order valence-electron chi connectivity index (χ0n) is 14.5. The van der Waals surface area contributed by atoms with Gasteiger partial charge in [-0.2, -0.15) is 0 Å². The van der Waals surface area contributed by atoms with Crippen LogP contribution >= 0.6 is 0 Å². The van der Waals surface area contributed by atoms with Crippen molar-refractivity contribution in [1.29, 1.82) is 0 Å². The molecule has 0 bridgehead atoms. The summed E-state index contributed by atoms with van der Waals surface area (Å²) in [5, 5.41) is 20.3. The van der Waals surface area contributed by atoms with Crippen molar-refractivity contribution < 1.29 is 19.8 Å². The average molecular weight is 346 g/mol. The second kappa shape index (κ2) is 6.84. The highest BCUT2D eigenvalue weighted by molar-refractivity contribution is 6.15. The number of hydrogen-bond acceptors (Lipinski definition) is 4. The van der Waals surface area contributed by atoms with E-state index in [-0.39, 0.29) is 34.0 Å². The van der Waals surface area contributed by atoms with Crippen LogP contribution in [0.2, 0.25) is 0 Å². The van der Waals surface area contributed by atoms with E-state index in [2.05, 4.69) is 0 Å². The molecule has 0 aliphatic heterocycles. The van der Waals surface area contributed by atoms with E-state index in [1.54, 1.807) is 49.4 Å². The molecule has 0 heterocycles. The van der Waals surface area contributed by atoms with Crippen LogP contribution in [0, 0.1) is 13.8 Å². The number of phenols is 2. The van der Waals surface area contributed by atoms with Gasteiger partial charge in [-0.15, -0.1) is 0 Å². The standard InChI is InChI=1S/C22H18O4/c1-13-10-14(2)20(24)18(11-13)22(26)16-8-9-19(23)17(12-16)21(25)15-6-4-3-5-7-15/h3-12,23-24H,1-2H3. The van der Waals surface area contributed by atoms with E-state index < -0.39 is 5.78 Å². The van der Waals surface area contributed by atoms with Gasteiger partial charge < -0.3 is 10.2 Å². The van der Waals surface area contributed by atoms with Crippen LogP contribution in [0.5, 0.6) is 11.5 Å². The molecule has 0 aliphatic rings. The normalized spacial score (nSPS) is 10.5. The molecule has 130 valence electrons. The molecule has 4 heteroatoms. The summed E-state index contributed by atoms with van der Waals surface area (Å²) in [6, 6.07) is 16.1. The summed E-state index contributed by atoms with van der Waals surface area (Å²) < 4.78 is 0. The molecule has 0 unspecified atom stereocenters. The van der Waals surface area contributed by atoms with Crippen LogP contribution in [0.3, 0.4) is 0 Å². The fourth-order valence-electron chi connectivity index (χ4n) is 2.89. The minimum absolute atomic E-state index is 0.0471. The summed E-state index contributed by atoms with van der Waals surface area (Å²) in [6.45, 7) is 3.56. The zero-order chi connectivity index (χ0) is 18.8. The maximum Gasteiger partial charge on any atom is 0.196 e. The summed E-state index contributed by atoms with van der Waals surface area (Å²) in [5.41, 5.74) is 2.32. The summed E-state index contributed by atoms with van der Waals surface area (Å²) in [7, 11) is 0. The molecule has 0 spiro atoms. The lowest BCUT2D eigenvalue weighted by atomic mass is 9.94. The number of aromatic hydroxyl groups is 2. The highest BCUT2D eigenvalue weighted by atomic mass is 16.3. The van der Waals surface area contributed by atoms with Gasteiger partial charge in [0.1, 0.15) is 11.5 Å². The zero-order valence-corrected chi connectivity index (χ0v) is 14.5. The van der Waals surface area contributed by atoms with Crippen LogP contribution in [-0.2, 0) is 0 Å². The van der Waals surface area contributed by atoms with Crippen LogP contribution in [-0.4, -0.2) is 21.8 Å². The highest BCUT2D eigenvalue weighted by Gasteiger charge is 2.20. The topological polar surface area (TPSA) is 74.6 Å². The fraction of sp³-hybridized carbons (Fsp3) is 0.0909. The Labute approximate surface area is 151 Å². The van der Waals surface area contributed by atoms with Gasteiger partial charge in [0.15, 0.2) is 11.6 Å². The Balaban J connectivity index is 2.05. The monoisotopic (exact) mass is 346 g/mol. The number of carbonyl (C=O) groups excluding carboxylic acids is 2. The number of rotatable bonds is 4. The van der Waals surface area contributed by atoms with Crippen molar-refractivity contribution in [2.24, 2.45) is 0 Å². The third-order valence-corrected chi connectivity index (χ3v) is 4.23. The van der Waals surface area contributed by atoms with Crippen molar-refractivity contribution in [2.45, 2.75) is 13.8 Å². The minimum atomic E-state index is -0.406. The lowest BCUT2D eigenvalue weighted by Gasteiger charge is -2.10. The first kappa shape index (κ1) is 17.4. The van der Waals surface area contributed by atoms with Gasteiger partial charge in [0.25, 0.3) is 0 Å². The average Bonchev–Trinajstić information content (AvgIpc) is 2.64. The first-order valence-corrected chi connectivity index (χ1v) is 8.16. The molecule has 26 heavy (non-hydrogen) atoms. The third kappa shape index (κ3) is 3.22. The third-order valence-electron chi connectivity index (χ3n) is 4.23. The first-order chi connectivity index (χ1) is 12.4. The largest absolute Gasteiger partial charge is 0.507 e. The van der Waals surface area contributed by atoms with Gasteiger partial charge in [-0.05, 0) is 49.2 Å². The van der Waals surface area contributed by atoms with Gasteiger partial charge >= 0.3 is 0 Å². The van der Waals surface area contributed by atoms with Crippen molar-refractivity contribution >= 4 is 11.6 Å². The molecule has 0 saturated heterocycles. The number of phenolic OH excluding ortho intramolecular Hbond substituents is 2. The fourth-order valence-corrected chi connectivity index (χ4v) is 2.89. The van der Waals surface area contributed by atoms with Gasteiger partial charge in [-0.25, -0.2) is 0 Å². The molecule has 3 aromatic rings. The van der Waals surface area contributed by atoms with E-state index in [4.69, 9.17) is 0 Å². The Morgan fingerprint density at radius 3 is 2.08 bits per heavy atom. The quantitative estimate of drug-likeness (QED) is 0.695. The van der Waals surface area contributed by atoms with E-state index in [9.17, 15) is 19.8 Å². The molecule has 4 nitrogen and oxygen atoms in total. The second-order valence-corrected chi connectivity index (χ2v) is 6.23. The van der Waals surface area contributed by atoms with Crippen molar-refractivity contribution in [3.8, 4) is 11.5 Å². The number of carbonyl (C=O) groups is 2. The molecule has 0 atom stereocenters.